The van der Waals surface area contributed by atoms with Gasteiger partial charge in [0.1, 0.15) is 17.5 Å². The minimum atomic E-state index is -0.429. The fourth-order valence-corrected chi connectivity index (χ4v) is 4.02. The Morgan fingerprint density at radius 1 is 1.07 bits per heavy atom. The van der Waals surface area contributed by atoms with Gasteiger partial charge in [-0.15, -0.1) is 0 Å². The summed E-state index contributed by atoms with van der Waals surface area (Å²) in [5.74, 6) is 2.25. The van der Waals surface area contributed by atoms with Crippen LogP contribution in [0.25, 0.3) is 22.6 Å². The molecule has 1 aliphatic carbocycles. The number of anilines is 1. The van der Waals surface area contributed by atoms with E-state index in [1.807, 2.05) is 18.5 Å². The molecule has 2 aliphatic rings. The van der Waals surface area contributed by atoms with Gasteiger partial charge in [-0.3, -0.25) is 4.90 Å². The van der Waals surface area contributed by atoms with Crippen LogP contribution in [0.5, 0.6) is 0 Å². The molecule has 0 radical (unpaired) electrons. The van der Waals surface area contributed by atoms with Crippen molar-refractivity contribution in [2.45, 2.75) is 12.8 Å². The topological polar surface area (TPSA) is 48.1 Å². The number of imidazole rings is 1. The lowest BCUT2D eigenvalue weighted by atomic mass is 10.2. The molecular formula is C22H23ClFN5. The van der Waals surface area contributed by atoms with Crippen molar-refractivity contribution in [3.63, 3.8) is 0 Å². The van der Waals surface area contributed by atoms with E-state index in [0.29, 0.717) is 0 Å². The van der Waals surface area contributed by atoms with Gasteiger partial charge in [0.05, 0.1) is 10.7 Å². The Bertz CT molecular complexity index is 1010. The van der Waals surface area contributed by atoms with Crippen LogP contribution in [0.3, 0.4) is 0 Å². The van der Waals surface area contributed by atoms with Gasteiger partial charge in [-0.2, -0.15) is 0 Å². The van der Waals surface area contributed by atoms with Gasteiger partial charge in [0.2, 0.25) is 0 Å². The quantitative estimate of drug-likeness (QED) is 0.673. The van der Waals surface area contributed by atoms with E-state index in [-0.39, 0.29) is 5.02 Å². The Morgan fingerprint density at radius 2 is 1.90 bits per heavy atom. The lowest BCUT2D eigenvalue weighted by molar-refractivity contribution is 0.247. The zero-order valence-electron chi connectivity index (χ0n) is 16.1. The number of pyridine rings is 1. The Hall–Kier alpha value is -2.44. The Kier molecular flexibility index (Phi) is 4.97. The third-order valence-corrected chi connectivity index (χ3v) is 6.01. The van der Waals surface area contributed by atoms with Crippen LogP contribution in [-0.4, -0.2) is 52.6 Å². The number of halogens is 2. The molecule has 5 rings (SSSR count). The van der Waals surface area contributed by atoms with Crippen LogP contribution < -0.4 is 4.90 Å². The van der Waals surface area contributed by atoms with Gasteiger partial charge < -0.3 is 9.88 Å². The minimum absolute atomic E-state index is 0.0964. The van der Waals surface area contributed by atoms with Crippen LogP contribution in [0, 0.1) is 11.7 Å². The van der Waals surface area contributed by atoms with E-state index in [1.165, 1.54) is 25.5 Å². The van der Waals surface area contributed by atoms with Gasteiger partial charge in [-0.05, 0) is 49.1 Å². The number of benzene rings is 1. The second-order valence-electron chi connectivity index (χ2n) is 7.90. The zero-order valence-corrected chi connectivity index (χ0v) is 16.9. The first kappa shape index (κ1) is 18.6. The predicted octanol–water partition coefficient (Wildman–Crippen LogP) is 4.46. The van der Waals surface area contributed by atoms with Crippen molar-refractivity contribution >= 4 is 17.4 Å². The Labute approximate surface area is 174 Å². The number of rotatable bonds is 5. The van der Waals surface area contributed by atoms with Crippen LogP contribution in [0.2, 0.25) is 5.02 Å². The van der Waals surface area contributed by atoms with E-state index >= 15 is 0 Å². The molecule has 1 saturated carbocycles. The lowest BCUT2D eigenvalue weighted by Gasteiger charge is -2.35. The summed E-state index contributed by atoms with van der Waals surface area (Å²) in [6.07, 6.45) is 6.45. The summed E-state index contributed by atoms with van der Waals surface area (Å²) in [5.41, 5.74) is 2.49. The number of piperazine rings is 1. The van der Waals surface area contributed by atoms with Crippen molar-refractivity contribution < 1.29 is 4.39 Å². The molecule has 0 amide bonds. The second kappa shape index (κ2) is 7.76. The Morgan fingerprint density at radius 3 is 2.66 bits per heavy atom. The summed E-state index contributed by atoms with van der Waals surface area (Å²) in [4.78, 5) is 17.4. The van der Waals surface area contributed by atoms with Crippen LogP contribution in [-0.2, 0) is 0 Å². The molecule has 1 saturated heterocycles. The highest BCUT2D eigenvalue weighted by molar-refractivity contribution is 6.31. The molecule has 150 valence electrons. The Balaban J connectivity index is 1.31. The first-order valence-corrected chi connectivity index (χ1v) is 10.5. The first-order chi connectivity index (χ1) is 14.2. The normalized spacial score (nSPS) is 17.7. The van der Waals surface area contributed by atoms with E-state index in [0.717, 1.165) is 60.6 Å². The molecule has 0 spiro atoms. The summed E-state index contributed by atoms with van der Waals surface area (Å²) in [7, 11) is 0. The summed E-state index contributed by atoms with van der Waals surface area (Å²) < 4.78 is 13.4. The van der Waals surface area contributed by atoms with Gasteiger partial charge in [0.25, 0.3) is 0 Å². The molecule has 7 heteroatoms. The average Bonchev–Trinajstić information content (AvgIpc) is 3.42. The van der Waals surface area contributed by atoms with Crippen molar-refractivity contribution in [3.05, 3.63) is 53.6 Å². The van der Waals surface area contributed by atoms with Crippen molar-refractivity contribution in [3.8, 4) is 22.6 Å². The maximum atomic E-state index is 13.4. The SMILES string of the molecule is Fc1ccc(-c2c[nH]c(-c3ccnc(N4CCN(CC5CC5)CC4)c3)n2)cc1Cl. The minimum Gasteiger partial charge on any atom is -0.354 e. The van der Waals surface area contributed by atoms with E-state index in [2.05, 4.69) is 30.8 Å². The lowest BCUT2D eigenvalue weighted by Crippen LogP contribution is -2.47. The highest BCUT2D eigenvalue weighted by Gasteiger charge is 2.26. The van der Waals surface area contributed by atoms with Gasteiger partial charge in [0.15, 0.2) is 0 Å². The molecule has 2 fully saturated rings. The van der Waals surface area contributed by atoms with Crippen molar-refractivity contribution in [1.29, 1.82) is 0 Å². The molecular weight excluding hydrogens is 389 g/mol. The summed E-state index contributed by atoms with van der Waals surface area (Å²) in [6, 6.07) is 8.67. The fraction of sp³-hybridized carbons (Fsp3) is 0.364. The fourth-order valence-electron chi connectivity index (χ4n) is 3.84. The maximum absolute atomic E-state index is 13.4. The maximum Gasteiger partial charge on any atom is 0.141 e. The number of nitrogens with one attached hydrogen (secondary N) is 1. The molecule has 2 aromatic heterocycles. The molecule has 29 heavy (non-hydrogen) atoms. The molecule has 1 N–H and O–H groups in total. The standard InChI is InChI=1S/C22H23ClFN5/c23-18-11-16(3-4-19(18)24)20-13-26-22(27-20)17-5-6-25-21(12-17)29-9-7-28(8-10-29)14-15-1-2-15/h3-6,11-13,15H,1-2,7-10,14H2,(H,26,27). The predicted molar refractivity (Wildman–Crippen MR) is 114 cm³/mol. The number of hydrogen-bond donors (Lipinski definition) is 1. The molecule has 0 atom stereocenters. The summed E-state index contributed by atoms with van der Waals surface area (Å²) in [6.45, 7) is 5.45. The smallest absolute Gasteiger partial charge is 0.141 e. The van der Waals surface area contributed by atoms with Gasteiger partial charge in [0, 0.05) is 56.2 Å². The van der Waals surface area contributed by atoms with E-state index in [9.17, 15) is 4.39 Å². The van der Waals surface area contributed by atoms with Crippen LogP contribution in [0.15, 0.2) is 42.7 Å². The first-order valence-electron chi connectivity index (χ1n) is 10.1. The third kappa shape index (κ3) is 4.14. The number of aromatic nitrogens is 3. The van der Waals surface area contributed by atoms with E-state index < -0.39 is 5.82 Å². The van der Waals surface area contributed by atoms with Gasteiger partial charge in [-0.25, -0.2) is 14.4 Å². The third-order valence-electron chi connectivity index (χ3n) is 5.72. The number of aromatic amines is 1. The summed E-state index contributed by atoms with van der Waals surface area (Å²) >= 11 is 5.91. The molecule has 3 aromatic rings. The second-order valence-corrected chi connectivity index (χ2v) is 8.30. The number of H-pyrrole nitrogens is 1. The average molecular weight is 412 g/mol. The van der Waals surface area contributed by atoms with E-state index in [1.54, 1.807) is 12.1 Å². The zero-order chi connectivity index (χ0) is 19.8. The molecule has 0 unspecified atom stereocenters. The molecule has 5 nitrogen and oxygen atoms in total. The van der Waals surface area contributed by atoms with Crippen molar-refractivity contribution in [2.75, 3.05) is 37.6 Å². The highest BCUT2D eigenvalue weighted by Crippen LogP contribution is 2.30. The molecule has 1 aromatic carbocycles. The van der Waals surface area contributed by atoms with Crippen LogP contribution in [0.4, 0.5) is 10.2 Å². The van der Waals surface area contributed by atoms with Crippen molar-refractivity contribution in [1.82, 2.24) is 19.9 Å². The number of nitrogens with zero attached hydrogens (tertiary/aromatic N) is 4. The van der Waals surface area contributed by atoms with Gasteiger partial charge >= 0.3 is 0 Å². The van der Waals surface area contributed by atoms with Gasteiger partial charge in [-0.1, -0.05) is 11.6 Å². The molecule has 0 bridgehead atoms. The molecule has 3 heterocycles. The van der Waals surface area contributed by atoms with Crippen LogP contribution in [0.1, 0.15) is 12.8 Å². The van der Waals surface area contributed by atoms with Crippen LogP contribution >= 0.6 is 11.6 Å². The van der Waals surface area contributed by atoms with Crippen molar-refractivity contribution in [2.24, 2.45) is 5.92 Å². The number of hydrogen-bond acceptors (Lipinski definition) is 4. The monoisotopic (exact) mass is 411 g/mol. The summed E-state index contributed by atoms with van der Waals surface area (Å²) in [5, 5.41) is 0.0964. The van der Waals surface area contributed by atoms with E-state index in [4.69, 9.17) is 11.6 Å². The highest BCUT2D eigenvalue weighted by atomic mass is 35.5. The largest absolute Gasteiger partial charge is 0.354 e. The molecule has 1 aliphatic heterocycles.